The van der Waals surface area contributed by atoms with Gasteiger partial charge in [-0.2, -0.15) is 0 Å². The van der Waals surface area contributed by atoms with Gasteiger partial charge in [0.2, 0.25) is 11.9 Å². The van der Waals surface area contributed by atoms with Crippen molar-refractivity contribution >= 4 is 23.2 Å². The summed E-state index contributed by atoms with van der Waals surface area (Å²) in [7, 11) is 1.67. The highest BCUT2D eigenvalue weighted by molar-refractivity contribution is 7.15. The SMILES string of the molecule is COc1ccc(-c2ccc(CCC(=O)N3CCN(c4ncccn4)CC3)s2)cc1. The van der Waals surface area contributed by atoms with Gasteiger partial charge < -0.3 is 14.5 Å². The summed E-state index contributed by atoms with van der Waals surface area (Å²) in [5.74, 6) is 1.82. The number of thiophene rings is 1. The molecule has 1 amide bonds. The molecule has 1 fully saturated rings. The lowest BCUT2D eigenvalue weighted by molar-refractivity contribution is -0.131. The van der Waals surface area contributed by atoms with Gasteiger partial charge in [0.1, 0.15) is 5.75 Å². The molecule has 0 atom stereocenters. The third-order valence-corrected chi connectivity index (χ3v) is 6.28. The van der Waals surface area contributed by atoms with Gasteiger partial charge in [0.25, 0.3) is 0 Å². The van der Waals surface area contributed by atoms with E-state index in [1.807, 2.05) is 23.1 Å². The van der Waals surface area contributed by atoms with Crippen molar-refractivity contribution in [2.45, 2.75) is 12.8 Å². The molecule has 150 valence electrons. The van der Waals surface area contributed by atoms with E-state index in [1.165, 1.54) is 15.3 Å². The third kappa shape index (κ3) is 4.74. The maximum Gasteiger partial charge on any atom is 0.225 e. The Morgan fingerprint density at radius 3 is 2.45 bits per heavy atom. The smallest absolute Gasteiger partial charge is 0.225 e. The van der Waals surface area contributed by atoms with Gasteiger partial charge in [-0.15, -0.1) is 11.3 Å². The average Bonchev–Trinajstić information content (AvgIpc) is 3.27. The van der Waals surface area contributed by atoms with E-state index in [0.29, 0.717) is 6.42 Å². The first kappa shape index (κ1) is 19.4. The maximum atomic E-state index is 12.6. The van der Waals surface area contributed by atoms with Gasteiger partial charge in [-0.05, 0) is 54.4 Å². The number of benzene rings is 1. The predicted octanol–water partition coefficient (Wildman–Crippen LogP) is 3.50. The van der Waals surface area contributed by atoms with Crippen LogP contribution in [0.5, 0.6) is 5.75 Å². The van der Waals surface area contributed by atoms with Gasteiger partial charge in [0.05, 0.1) is 7.11 Å². The highest BCUT2D eigenvalue weighted by Crippen LogP contribution is 2.30. The number of ether oxygens (including phenoxy) is 1. The summed E-state index contributed by atoms with van der Waals surface area (Å²) in [5.41, 5.74) is 1.17. The number of carbonyl (C=O) groups is 1. The van der Waals surface area contributed by atoms with Crippen LogP contribution in [0.2, 0.25) is 0 Å². The molecule has 0 bridgehead atoms. The molecule has 0 radical (unpaired) electrons. The number of methoxy groups -OCH3 is 1. The van der Waals surface area contributed by atoms with Gasteiger partial charge >= 0.3 is 0 Å². The van der Waals surface area contributed by atoms with Crippen molar-refractivity contribution in [3.8, 4) is 16.2 Å². The second-order valence-corrected chi connectivity index (χ2v) is 8.08. The summed E-state index contributed by atoms with van der Waals surface area (Å²) in [4.78, 5) is 27.7. The number of aryl methyl sites for hydroxylation is 1. The molecule has 0 saturated carbocycles. The molecule has 29 heavy (non-hydrogen) atoms. The lowest BCUT2D eigenvalue weighted by Gasteiger charge is -2.34. The standard InChI is InChI=1S/C22H24N4O2S/c1-28-18-5-3-17(4-6-18)20-9-7-19(29-20)8-10-21(27)25-13-15-26(16-14-25)22-23-11-2-12-24-22/h2-7,9,11-12H,8,10,13-16H2,1H3. The van der Waals surface area contributed by atoms with E-state index in [4.69, 9.17) is 4.74 Å². The van der Waals surface area contributed by atoms with E-state index in [-0.39, 0.29) is 5.91 Å². The molecule has 3 heterocycles. The summed E-state index contributed by atoms with van der Waals surface area (Å²) in [6.07, 6.45) is 4.83. The number of rotatable bonds is 6. The predicted molar refractivity (Wildman–Crippen MR) is 115 cm³/mol. The van der Waals surface area contributed by atoms with E-state index in [0.717, 1.165) is 44.3 Å². The van der Waals surface area contributed by atoms with Crippen molar-refractivity contribution in [3.05, 3.63) is 59.7 Å². The van der Waals surface area contributed by atoms with E-state index < -0.39 is 0 Å². The minimum Gasteiger partial charge on any atom is -0.497 e. The molecule has 6 nitrogen and oxygen atoms in total. The molecule has 2 aromatic heterocycles. The second kappa shape index (κ2) is 9.05. The Kier molecular flexibility index (Phi) is 6.05. The van der Waals surface area contributed by atoms with Crippen LogP contribution in [0.25, 0.3) is 10.4 Å². The molecule has 1 aliphatic heterocycles. The minimum atomic E-state index is 0.220. The number of piperazine rings is 1. The molecule has 3 aromatic rings. The first-order valence-corrected chi connectivity index (χ1v) is 10.6. The van der Waals surface area contributed by atoms with Crippen molar-refractivity contribution in [2.75, 3.05) is 38.2 Å². The average molecular weight is 409 g/mol. The zero-order chi connectivity index (χ0) is 20.1. The van der Waals surface area contributed by atoms with Gasteiger partial charge in [-0.3, -0.25) is 4.79 Å². The lowest BCUT2D eigenvalue weighted by atomic mass is 10.2. The first-order chi connectivity index (χ1) is 14.2. The number of hydrogen-bond donors (Lipinski definition) is 0. The Morgan fingerprint density at radius 1 is 1.03 bits per heavy atom. The molecular weight excluding hydrogens is 384 g/mol. The van der Waals surface area contributed by atoms with Crippen molar-refractivity contribution in [3.63, 3.8) is 0 Å². The van der Waals surface area contributed by atoms with E-state index in [1.54, 1.807) is 30.8 Å². The normalized spacial score (nSPS) is 14.1. The molecule has 0 aliphatic carbocycles. The third-order valence-electron chi connectivity index (χ3n) is 5.09. The van der Waals surface area contributed by atoms with Gasteiger partial charge in [0, 0.05) is 54.7 Å². The maximum absolute atomic E-state index is 12.6. The molecular formula is C22H24N4O2S. The zero-order valence-corrected chi connectivity index (χ0v) is 17.3. The Hall–Kier alpha value is -2.93. The van der Waals surface area contributed by atoms with Crippen LogP contribution < -0.4 is 9.64 Å². The van der Waals surface area contributed by atoms with Crippen molar-refractivity contribution < 1.29 is 9.53 Å². The zero-order valence-electron chi connectivity index (χ0n) is 16.5. The fraction of sp³-hybridized carbons (Fsp3) is 0.318. The fourth-order valence-corrected chi connectivity index (χ4v) is 4.43. The van der Waals surface area contributed by atoms with Crippen molar-refractivity contribution in [2.24, 2.45) is 0 Å². The van der Waals surface area contributed by atoms with Gasteiger partial charge in [-0.1, -0.05) is 0 Å². The molecule has 1 saturated heterocycles. The largest absolute Gasteiger partial charge is 0.497 e. The molecule has 0 spiro atoms. The number of hydrogen-bond acceptors (Lipinski definition) is 6. The Bertz CT molecular complexity index is 935. The molecule has 4 rings (SSSR count). The second-order valence-electron chi connectivity index (χ2n) is 6.91. The van der Waals surface area contributed by atoms with E-state index in [2.05, 4.69) is 39.1 Å². The monoisotopic (exact) mass is 408 g/mol. The Morgan fingerprint density at radius 2 is 1.76 bits per heavy atom. The minimum absolute atomic E-state index is 0.220. The fourth-order valence-electron chi connectivity index (χ4n) is 3.42. The summed E-state index contributed by atoms with van der Waals surface area (Å²) in [6, 6.07) is 14.1. The quantitative estimate of drug-likeness (QED) is 0.625. The van der Waals surface area contributed by atoms with Crippen LogP contribution in [0.15, 0.2) is 54.9 Å². The lowest BCUT2D eigenvalue weighted by Crippen LogP contribution is -2.49. The summed E-state index contributed by atoms with van der Waals surface area (Å²) in [5, 5.41) is 0. The highest BCUT2D eigenvalue weighted by Gasteiger charge is 2.22. The van der Waals surface area contributed by atoms with E-state index in [9.17, 15) is 4.79 Å². The molecule has 0 unspecified atom stereocenters. The van der Waals surface area contributed by atoms with Crippen LogP contribution in [0, 0.1) is 0 Å². The molecule has 7 heteroatoms. The number of anilines is 1. The molecule has 1 aromatic carbocycles. The summed E-state index contributed by atoms with van der Waals surface area (Å²) < 4.78 is 5.22. The van der Waals surface area contributed by atoms with Crippen LogP contribution in [0.1, 0.15) is 11.3 Å². The van der Waals surface area contributed by atoms with Crippen LogP contribution >= 0.6 is 11.3 Å². The van der Waals surface area contributed by atoms with Crippen LogP contribution in [0.4, 0.5) is 5.95 Å². The number of aromatic nitrogens is 2. The van der Waals surface area contributed by atoms with Crippen molar-refractivity contribution in [1.82, 2.24) is 14.9 Å². The number of amides is 1. The molecule has 0 N–H and O–H groups in total. The Balaban J connectivity index is 1.27. The van der Waals surface area contributed by atoms with Crippen LogP contribution in [0.3, 0.4) is 0 Å². The van der Waals surface area contributed by atoms with Crippen LogP contribution in [-0.2, 0) is 11.2 Å². The first-order valence-electron chi connectivity index (χ1n) is 9.76. The summed E-state index contributed by atoms with van der Waals surface area (Å²) in [6.45, 7) is 2.99. The van der Waals surface area contributed by atoms with E-state index >= 15 is 0 Å². The molecule has 1 aliphatic rings. The highest BCUT2D eigenvalue weighted by atomic mass is 32.1. The van der Waals surface area contributed by atoms with Gasteiger partial charge in [-0.25, -0.2) is 9.97 Å². The number of carbonyl (C=O) groups excluding carboxylic acids is 1. The van der Waals surface area contributed by atoms with Crippen LogP contribution in [-0.4, -0.2) is 54.1 Å². The summed E-state index contributed by atoms with van der Waals surface area (Å²) >= 11 is 1.75. The van der Waals surface area contributed by atoms with Gasteiger partial charge in [0.15, 0.2) is 0 Å². The Labute approximate surface area is 174 Å². The number of nitrogens with zero attached hydrogens (tertiary/aromatic N) is 4. The topological polar surface area (TPSA) is 58.6 Å². The van der Waals surface area contributed by atoms with Crippen molar-refractivity contribution in [1.29, 1.82) is 0 Å².